The van der Waals surface area contributed by atoms with E-state index >= 15 is 0 Å². The zero-order valence-corrected chi connectivity index (χ0v) is 11.1. The molecule has 0 heterocycles. The molecule has 0 rings (SSSR count). The van der Waals surface area contributed by atoms with Crippen LogP contribution in [0.15, 0.2) is 0 Å². The maximum atomic E-state index is 3.60. The topological polar surface area (TPSA) is 0 Å². The van der Waals surface area contributed by atoms with Crippen LogP contribution in [0, 0.1) is 6.92 Å². The molecule has 0 aromatic carbocycles. The van der Waals surface area contributed by atoms with E-state index in [4.69, 9.17) is 0 Å². The smallest absolute Gasteiger partial charge is 0.0533 e. The maximum Gasteiger partial charge on any atom is -0.0533 e. The van der Waals surface area contributed by atoms with Gasteiger partial charge in [0.1, 0.15) is 0 Å². The summed E-state index contributed by atoms with van der Waals surface area (Å²) in [4.78, 5) is 0. The molecule has 0 spiro atoms. The summed E-state index contributed by atoms with van der Waals surface area (Å²) in [5.74, 6) is 0. The van der Waals surface area contributed by atoms with E-state index in [9.17, 15) is 0 Å². The molecule has 0 amide bonds. The van der Waals surface area contributed by atoms with Crippen LogP contribution in [0.4, 0.5) is 0 Å². The molecule has 0 atom stereocenters. The van der Waals surface area contributed by atoms with Crippen LogP contribution in [-0.4, -0.2) is 0 Å². The summed E-state index contributed by atoms with van der Waals surface area (Å²) in [6.45, 7) is 5.72. The Balaban J connectivity index is 0. The first kappa shape index (κ1) is 12.8. The van der Waals surface area contributed by atoms with Gasteiger partial charge in [0, 0.05) is 0 Å². The molecule has 0 N–H and O–H groups in total. The van der Waals surface area contributed by atoms with Gasteiger partial charge < -0.3 is 0 Å². The second-order valence-electron chi connectivity index (χ2n) is 1.07. The van der Waals surface area contributed by atoms with Gasteiger partial charge in [0.2, 0.25) is 0 Å². The molecule has 0 aliphatic carbocycles. The zero-order valence-electron chi connectivity index (χ0n) is 4.76. The van der Waals surface area contributed by atoms with Crippen LogP contribution in [0.5, 0.6) is 0 Å². The van der Waals surface area contributed by atoms with Crippen LogP contribution in [0.2, 0.25) is 0 Å². The normalized spacial score (nSPS) is 7.12. The van der Waals surface area contributed by atoms with E-state index in [0.717, 1.165) is 6.42 Å². The van der Waals surface area contributed by atoms with Gasteiger partial charge >= 0.3 is 51.1 Å². The number of halogens is 3. The summed E-state index contributed by atoms with van der Waals surface area (Å²) >= 11 is 8.92. The van der Waals surface area contributed by atoms with Crippen LogP contribution < -0.4 is 0 Å². The van der Waals surface area contributed by atoms with Crippen LogP contribution >= 0.6 is 39.5 Å². The van der Waals surface area contributed by atoms with Crippen LogP contribution in [0.25, 0.3) is 0 Å². The van der Waals surface area contributed by atoms with E-state index in [-0.39, 0.29) is 0 Å². The van der Waals surface area contributed by atoms with Gasteiger partial charge in [0.25, 0.3) is 0 Å². The molecule has 0 saturated heterocycles. The first-order valence-corrected chi connectivity index (χ1v) is 13.9. The van der Waals surface area contributed by atoms with Crippen LogP contribution in [0.3, 0.4) is 0 Å². The molecule has 0 fully saturated rings. The van der Waals surface area contributed by atoms with Crippen molar-refractivity contribution in [3.63, 3.8) is 0 Å². The van der Waals surface area contributed by atoms with Crippen LogP contribution in [-0.2, 0) is 11.6 Å². The Hall–Kier alpha value is 2.15. The molecule has 0 aliphatic rings. The van der Waals surface area contributed by atoms with E-state index in [0.29, 0.717) is 0 Å². The fourth-order valence-electron chi connectivity index (χ4n) is 0. The van der Waals surface area contributed by atoms with Crippen molar-refractivity contribution >= 4 is 39.5 Å². The third kappa shape index (κ3) is 41.9. The van der Waals surface area contributed by atoms with E-state index in [1.54, 1.807) is 0 Å². The van der Waals surface area contributed by atoms with Gasteiger partial charge in [-0.2, -0.15) is 0 Å². The van der Waals surface area contributed by atoms with Crippen molar-refractivity contribution in [1.82, 2.24) is 0 Å². The second kappa shape index (κ2) is 11.9. The number of rotatable bonds is 1. The minimum absolute atomic E-state index is 0.896. The maximum absolute atomic E-state index is 3.60. The van der Waals surface area contributed by atoms with E-state index < -0.39 is 11.6 Å². The standard InChI is InChI=1S/C4H9.3BrH.Ti/c1-3-4-2;;;;/h1,3-4H2,2H3;3*1H;/q;;;;+3/p-3. The molecule has 8 heavy (non-hydrogen) atoms. The minimum atomic E-state index is -0.896. The van der Waals surface area contributed by atoms with Gasteiger partial charge in [-0.1, -0.05) is 26.7 Å². The van der Waals surface area contributed by atoms with Gasteiger partial charge in [-0.3, -0.25) is 0 Å². The van der Waals surface area contributed by atoms with Crippen molar-refractivity contribution in [3.05, 3.63) is 6.92 Å². The summed E-state index contributed by atoms with van der Waals surface area (Å²) in [6, 6.07) is 0. The third-order valence-corrected chi connectivity index (χ3v) is 0.354. The molecular formula is C4H9Br3Ti. The average Bonchev–Trinajstić information content (AvgIpc) is 1.65. The average molecular weight is 345 g/mol. The molecular weight excluding hydrogens is 336 g/mol. The Bertz CT molecular complexity index is 27.7. The van der Waals surface area contributed by atoms with Gasteiger partial charge in [-0.05, 0) is 0 Å². The van der Waals surface area contributed by atoms with E-state index in [1.807, 2.05) is 0 Å². The van der Waals surface area contributed by atoms with Gasteiger partial charge in [0.05, 0.1) is 0 Å². The van der Waals surface area contributed by atoms with Gasteiger partial charge in [-0.25, -0.2) is 0 Å². The SMILES string of the molecule is [Br][Ti]([Br])[Br].[CH2]CCC. The molecule has 0 unspecified atom stereocenters. The second-order valence-corrected chi connectivity index (χ2v) is 24.7. The van der Waals surface area contributed by atoms with Crippen molar-refractivity contribution in [2.75, 3.05) is 0 Å². The Morgan fingerprint density at radius 1 is 1.38 bits per heavy atom. The largest absolute Gasteiger partial charge is 0.0654 e. The molecule has 0 aromatic heterocycles. The fraction of sp³-hybridized carbons (Fsp3) is 0.750. The van der Waals surface area contributed by atoms with E-state index in [1.165, 1.54) is 6.42 Å². The molecule has 0 saturated carbocycles. The summed E-state index contributed by atoms with van der Waals surface area (Å²) in [7, 11) is 0. The molecule has 0 nitrogen and oxygen atoms in total. The number of hydrogen-bond donors (Lipinski definition) is 0. The quantitative estimate of drug-likeness (QED) is 0.627. The van der Waals surface area contributed by atoms with Crippen molar-refractivity contribution in [3.8, 4) is 0 Å². The van der Waals surface area contributed by atoms with Gasteiger partial charge in [-0.15, -0.1) is 0 Å². The first-order chi connectivity index (χ1) is 3.65. The molecule has 0 bridgehead atoms. The molecule has 0 aliphatic heterocycles. The minimum Gasteiger partial charge on any atom is -0.0654 e. The van der Waals surface area contributed by atoms with E-state index in [2.05, 4.69) is 53.3 Å². The molecule has 50 valence electrons. The summed E-state index contributed by atoms with van der Waals surface area (Å²) in [5, 5.41) is 0. The Morgan fingerprint density at radius 2 is 1.50 bits per heavy atom. The summed E-state index contributed by atoms with van der Waals surface area (Å²) in [6.07, 6.45) is 2.28. The number of hydrogen-bond acceptors (Lipinski definition) is 0. The van der Waals surface area contributed by atoms with Gasteiger partial charge in [0.15, 0.2) is 0 Å². The predicted octanol–water partition coefficient (Wildman–Crippen LogP) is 4.15. The monoisotopic (exact) mass is 342 g/mol. The molecule has 4 heteroatoms. The van der Waals surface area contributed by atoms with Crippen molar-refractivity contribution < 1.29 is 11.6 Å². The molecule has 1 radical (unpaired) electrons. The third-order valence-electron chi connectivity index (χ3n) is 0.354. The van der Waals surface area contributed by atoms with Crippen molar-refractivity contribution in [1.29, 1.82) is 0 Å². The Morgan fingerprint density at radius 3 is 1.50 bits per heavy atom. The first-order valence-electron chi connectivity index (χ1n) is 2.27. The predicted molar refractivity (Wildman–Crippen MR) is 47.0 cm³/mol. The Kier molecular flexibility index (Phi) is 19.0. The molecule has 0 aromatic rings. The summed E-state index contributed by atoms with van der Waals surface area (Å²) in [5.41, 5.74) is 0. The van der Waals surface area contributed by atoms with Crippen LogP contribution in [0.1, 0.15) is 19.8 Å². The number of unbranched alkanes of at least 4 members (excludes halogenated alkanes) is 1. The Labute approximate surface area is 76.8 Å². The summed E-state index contributed by atoms with van der Waals surface area (Å²) < 4.78 is 0. The fourth-order valence-corrected chi connectivity index (χ4v) is 0. The van der Waals surface area contributed by atoms with Crippen molar-refractivity contribution in [2.45, 2.75) is 19.8 Å². The zero-order chi connectivity index (χ0) is 6.99. The van der Waals surface area contributed by atoms with Crippen molar-refractivity contribution in [2.24, 2.45) is 0 Å².